The summed E-state index contributed by atoms with van der Waals surface area (Å²) in [5.41, 5.74) is 0. The minimum absolute atomic E-state index is 0.0153. The summed E-state index contributed by atoms with van der Waals surface area (Å²) in [5.74, 6) is 0.224. The lowest BCUT2D eigenvalue weighted by atomic mass is 9.95. The highest BCUT2D eigenvalue weighted by atomic mass is 16.1. The quantitative estimate of drug-likeness (QED) is 0.593. The molecule has 0 N–H and O–H groups in total. The van der Waals surface area contributed by atoms with Crippen molar-refractivity contribution in [3.05, 3.63) is 13.8 Å². The molecule has 0 aromatic carbocycles. The van der Waals surface area contributed by atoms with Crippen LogP contribution >= 0.6 is 0 Å². The van der Waals surface area contributed by atoms with Crippen LogP contribution in [-0.2, 0) is 4.79 Å². The summed E-state index contributed by atoms with van der Waals surface area (Å²) in [6.45, 7) is 15.2. The van der Waals surface area contributed by atoms with E-state index < -0.39 is 0 Å². The average Bonchev–Trinajstić information content (AvgIpc) is 2.03. The van der Waals surface area contributed by atoms with Crippen LogP contribution in [0.5, 0.6) is 0 Å². The van der Waals surface area contributed by atoms with Crippen LogP contribution < -0.4 is 0 Å². The fourth-order valence-electron chi connectivity index (χ4n) is 0.957. The summed E-state index contributed by atoms with van der Waals surface area (Å²) >= 11 is 0. The van der Waals surface area contributed by atoms with Crippen LogP contribution in [-0.4, -0.2) is 5.78 Å². The summed E-state index contributed by atoms with van der Waals surface area (Å²) < 4.78 is 0. The monoisotopic (exact) mass is 166 g/mol. The minimum atomic E-state index is 0.0153. The van der Waals surface area contributed by atoms with Crippen molar-refractivity contribution in [1.29, 1.82) is 0 Å². The number of Topliss-reactive ketones (excluding diaryl/α,β-unsaturated/α-hetero) is 1. The second-order valence-corrected chi connectivity index (χ2v) is 3.28. The Kier molecular flexibility index (Phi) is 6.04. The third-order valence-corrected chi connectivity index (χ3v) is 2.03. The molecule has 0 rings (SSSR count). The molecule has 0 saturated carbocycles. The lowest BCUT2D eigenvalue weighted by Crippen LogP contribution is -2.09. The molecule has 0 aliphatic rings. The van der Waals surface area contributed by atoms with E-state index in [1.54, 1.807) is 0 Å². The first-order chi connectivity index (χ1) is 5.60. The molecule has 2 atom stereocenters. The molecule has 2 unspecified atom stereocenters. The van der Waals surface area contributed by atoms with Crippen molar-refractivity contribution in [2.75, 3.05) is 0 Å². The first-order valence-corrected chi connectivity index (χ1v) is 4.63. The second kappa shape index (κ2) is 6.22. The third-order valence-electron chi connectivity index (χ3n) is 2.03. The van der Waals surface area contributed by atoms with Crippen molar-refractivity contribution >= 4 is 5.78 Å². The normalized spacial score (nSPS) is 15.7. The molecule has 0 fully saturated rings. The van der Waals surface area contributed by atoms with Crippen molar-refractivity contribution in [3.63, 3.8) is 0 Å². The topological polar surface area (TPSA) is 17.1 Å². The zero-order chi connectivity index (χ0) is 9.56. The van der Waals surface area contributed by atoms with Crippen LogP contribution in [0.15, 0.2) is 0 Å². The number of ketones is 1. The number of hydrogen-bond donors (Lipinski definition) is 0. The van der Waals surface area contributed by atoms with Crippen molar-refractivity contribution in [2.45, 2.75) is 39.5 Å². The molecule has 0 heterocycles. The Labute approximate surface area is 76.6 Å². The van der Waals surface area contributed by atoms with Gasteiger partial charge in [-0.1, -0.05) is 26.7 Å². The fraction of sp³-hybridized carbons (Fsp3) is 0.727. The van der Waals surface area contributed by atoms with Gasteiger partial charge in [-0.15, -0.1) is 0 Å². The second-order valence-electron chi connectivity index (χ2n) is 3.28. The van der Waals surface area contributed by atoms with Gasteiger partial charge in [-0.25, -0.2) is 0 Å². The van der Waals surface area contributed by atoms with Gasteiger partial charge in [0.25, 0.3) is 0 Å². The van der Waals surface area contributed by atoms with E-state index in [1.165, 1.54) is 0 Å². The molecular weight excluding hydrogens is 148 g/mol. The van der Waals surface area contributed by atoms with Gasteiger partial charge >= 0.3 is 0 Å². The molecule has 0 saturated heterocycles. The van der Waals surface area contributed by atoms with Gasteiger partial charge in [-0.3, -0.25) is 4.79 Å². The van der Waals surface area contributed by atoms with Crippen molar-refractivity contribution in [3.8, 4) is 0 Å². The predicted octanol–water partition coefficient (Wildman–Crippen LogP) is 2.81. The van der Waals surface area contributed by atoms with E-state index in [9.17, 15) is 4.79 Å². The molecule has 12 heavy (non-hydrogen) atoms. The highest BCUT2D eigenvalue weighted by Crippen LogP contribution is 2.13. The SMILES string of the molecule is [CH]C(CC)CC(=O)CC([CH])CC. The van der Waals surface area contributed by atoms with Crippen LogP contribution in [0.3, 0.4) is 0 Å². The van der Waals surface area contributed by atoms with E-state index >= 15 is 0 Å². The highest BCUT2D eigenvalue weighted by molar-refractivity contribution is 5.79. The Bertz CT molecular complexity index is 115. The zero-order valence-electron chi connectivity index (χ0n) is 8.05. The predicted molar refractivity (Wildman–Crippen MR) is 50.4 cm³/mol. The molecule has 0 aliphatic heterocycles. The van der Waals surface area contributed by atoms with Gasteiger partial charge in [0.2, 0.25) is 0 Å². The van der Waals surface area contributed by atoms with Gasteiger partial charge in [0.15, 0.2) is 0 Å². The van der Waals surface area contributed by atoms with Gasteiger partial charge in [0.1, 0.15) is 5.78 Å². The van der Waals surface area contributed by atoms with E-state index in [0.717, 1.165) is 12.8 Å². The van der Waals surface area contributed by atoms with Gasteiger partial charge < -0.3 is 0 Å². The summed E-state index contributed by atoms with van der Waals surface area (Å²) in [4.78, 5) is 11.2. The van der Waals surface area contributed by atoms with E-state index in [2.05, 4.69) is 0 Å². The number of carbonyl (C=O) groups is 1. The Morgan fingerprint density at radius 2 is 1.42 bits per heavy atom. The fourth-order valence-corrected chi connectivity index (χ4v) is 0.957. The van der Waals surface area contributed by atoms with E-state index in [1.807, 2.05) is 13.8 Å². The van der Waals surface area contributed by atoms with Gasteiger partial charge in [-0.2, -0.15) is 0 Å². The molecule has 1 nitrogen and oxygen atoms in total. The van der Waals surface area contributed by atoms with Gasteiger partial charge in [0, 0.05) is 12.8 Å². The van der Waals surface area contributed by atoms with Crippen LogP contribution in [0.2, 0.25) is 0 Å². The standard InChI is InChI=1S/C11H18O/c1-5-9(3)7-11(12)8-10(4)6-2/h3-4,9-10H,5-8H2,1-2H3. The van der Waals surface area contributed by atoms with Crippen molar-refractivity contribution in [2.24, 2.45) is 11.8 Å². The van der Waals surface area contributed by atoms with Crippen molar-refractivity contribution < 1.29 is 4.79 Å². The first-order valence-electron chi connectivity index (χ1n) is 4.63. The number of hydrogen-bond acceptors (Lipinski definition) is 1. The van der Waals surface area contributed by atoms with E-state index in [-0.39, 0.29) is 17.6 Å². The average molecular weight is 166 g/mol. The van der Waals surface area contributed by atoms with Crippen LogP contribution in [0.4, 0.5) is 0 Å². The van der Waals surface area contributed by atoms with Gasteiger partial charge in [-0.05, 0) is 25.7 Å². The van der Waals surface area contributed by atoms with E-state index in [0.29, 0.717) is 12.8 Å². The van der Waals surface area contributed by atoms with Crippen LogP contribution in [0.1, 0.15) is 39.5 Å². The number of carbonyl (C=O) groups excluding carboxylic acids is 1. The van der Waals surface area contributed by atoms with Crippen LogP contribution in [0, 0.1) is 25.7 Å². The molecule has 0 amide bonds. The third kappa shape index (κ3) is 5.34. The molecule has 4 radical (unpaired) electrons. The lowest BCUT2D eigenvalue weighted by Gasteiger charge is -2.09. The molecule has 0 aromatic heterocycles. The molecule has 0 aliphatic carbocycles. The van der Waals surface area contributed by atoms with Crippen molar-refractivity contribution in [1.82, 2.24) is 0 Å². The first kappa shape index (κ1) is 11.7. The minimum Gasteiger partial charge on any atom is -0.300 e. The molecule has 0 aromatic rings. The number of rotatable bonds is 6. The maximum atomic E-state index is 11.2. The summed E-state index contributed by atoms with van der Waals surface area (Å²) in [7, 11) is 0. The molecule has 0 bridgehead atoms. The summed E-state index contributed by atoms with van der Waals surface area (Å²) in [5, 5.41) is 0. The van der Waals surface area contributed by atoms with Crippen LogP contribution in [0.25, 0.3) is 0 Å². The lowest BCUT2D eigenvalue weighted by molar-refractivity contribution is -0.120. The summed E-state index contributed by atoms with van der Waals surface area (Å²) in [6, 6.07) is 0. The Morgan fingerprint density at radius 3 is 1.67 bits per heavy atom. The highest BCUT2D eigenvalue weighted by Gasteiger charge is 2.10. The maximum absolute atomic E-state index is 11.2. The molecule has 68 valence electrons. The Morgan fingerprint density at radius 1 is 1.08 bits per heavy atom. The smallest absolute Gasteiger partial charge is 0.133 e. The summed E-state index contributed by atoms with van der Waals surface area (Å²) in [6.07, 6.45) is 2.66. The molecular formula is C11H18O. The largest absolute Gasteiger partial charge is 0.300 e. The van der Waals surface area contributed by atoms with E-state index in [4.69, 9.17) is 13.8 Å². The maximum Gasteiger partial charge on any atom is 0.133 e. The van der Waals surface area contributed by atoms with Gasteiger partial charge in [0.05, 0.1) is 0 Å². The zero-order valence-corrected chi connectivity index (χ0v) is 8.05. The molecule has 1 heteroatoms. The Balaban J connectivity index is 3.59. The Hall–Kier alpha value is -0.330. The molecule has 0 spiro atoms.